The average molecular weight is 706 g/mol. The Balaban J connectivity index is 4.24. The molecule has 11 heteroatoms. The molecule has 284 valence electrons. The zero-order valence-electron chi connectivity index (χ0n) is 30.6. The van der Waals surface area contributed by atoms with Gasteiger partial charge in [-0.15, -0.1) is 0 Å². The highest BCUT2D eigenvalue weighted by Gasteiger charge is 2.27. The summed E-state index contributed by atoms with van der Waals surface area (Å²) < 4.78 is 33.1. The van der Waals surface area contributed by atoms with Crippen LogP contribution in [0.1, 0.15) is 174 Å². The molecule has 0 aromatic carbocycles. The monoisotopic (exact) mass is 705 g/mol. The highest BCUT2D eigenvalue weighted by atomic mass is 31.2. The van der Waals surface area contributed by atoms with Crippen LogP contribution in [0.4, 0.5) is 0 Å². The molecule has 0 saturated carbocycles. The van der Waals surface area contributed by atoms with E-state index in [0.29, 0.717) is 13.0 Å². The summed E-state index contributed by atoms with van der Waals surface area (Å²) in [6.07, 6.45) is 32.7. The summed E-state index contributed by atoms with van der Waals surface area (Å²) in [7, 11) is -4.60. The van der Waals surface area contributed by atoms with Crippen molar-refractivity contribution >= 4 is 19.8 Å². The minimum absolute atomic E-state index is 0.0195. The molecule has 3 unspecified atom stereocenters. The minimum Gasteiger partial charge on any atom is -0.480 e. The lowest BCUT2D eigenvalue weighted by Gasteiger charge is -2.20. The SMILES string of the molecule is CCCCCCCC/C=C\CCCCCCCCCC(=O)OC(COCCCCCCCCCCC)COP(=O)(O)OCC(N)C(=O)O. The molecule has 10 nitrogen and oxygen atoms in total. The summed E-state index contributed by atoms with van der Waals surface area (Å²) in [6, 6.07) is -1.47. The van der Waals surface area contributed by atoms with E-state index in [1.54, 1.807) is 0 Å². The molecule has 0 fully saturated rings. The van der Waals surface area contributed by atoms with Crippen LogP contribution in [0, 0.1) is 0 Å². The van der Waals surface area contributed by atoms with Crippen molar-refractivity contribution in [2.24, 2.45) is 5.73 Å². The number of unbranched alkanes of at least 4 members (excludes halogenated alkanes) is 21. The Bertz CT molecular complexity index is 827. The van der Waals surface area contributed by atoms with Gasteiger partial charge in [0.1, 0.15) is 12.1 Å². The molecule has 0 saturated heterocycles. The molecular formula is C37H72NO9P. The molecule has 0 spiro atoms. The maximum Gasteiger partial charge on any atom is 0.472 e. The van der Waals surface area contributed by atoms with Gasteiger partial charge in [-0.05, 0) is 38.5 Å². The fourth-order valence-electron chi connectivity index (χ4n) is 5.24. The van der Waals surface area contributed by atoms with E-state index in [4.69, 9.17) is 24.8 Å². The lowest BCUT2D eigenvalue weighted by molar-refractivity contribution is -0.154. The predicted molar refractivity (Wildman–Crippen MR) is 194 cm³/mol. The van der Waals surface area contributed by atoms with Crippen molar-refractivity contribution in [2.45, 2.75) is 187 Å². The molecule has 0 amide bonds. The predicted octanol–water partition coefficient (Wildman–Crippen LogP) is 9.81. The number of aliphatic carboxylic acids is 1. The fourth-order valence-corrected chi connectivity index (χ4v) is 6.02. The van der Waals surface area contributed by atoms with E-state index in [1.165, 1.54) is 103 Å². The smallest absolute Gasteiger partial charge is 0.472 e. The molecule has 0 aliphatic carbocycles. The number of carboxylic acid groups (broad SMARTS) is 1. The summed E-state index contributed by atoms with van der Waals surface area (Å²) in [5, 5.41) is 8.85. The van der Waals surface area contributed by atoms with Crippen molar-refractivity contribution in [2.75, 3.05) is 26.4 Å². The van der Waals surface area contributed by atoms with Gasteiger partial charge in [0.25, 0.3) is 0 Å². The topological polar surface area (TPSA) is 155 Å². The Morgan fingerprint density at radius 3 is 1.58 bits per heavy atom. The molecule has 0 heterocycles. The molecule has 4 N–H and O–H groups in total. The van der Waals surface area contributed by atoms with Gasteiger partial charge in [0.15, 0.2) is 0 Å². The Kier molecular flexibility index (Phi) is 33.3. The van der Waals surface area contributed by atoms with Crippen molar-refractivity contribution in [3.63, 3.8) is 0 Å². The first-order chi connectivity index (χ1) is 23.2. The van der Waals surface area contributed by atoms with Gasteiger partial charge >= 0.3 is 19.8 Å². The number of carboxylic acids is 1. The van der Waals surface area contributed by atoms with E-state index in [2.05, 4.69) is 30.5 Å². The second kappa shape index (κ2) is 34.2. The quantitative estimate of drug-likeness (QED) is 0.0246. The van der Waals surface area contributed by atoms with Crippen LogP contribution in [0.3, 0.4) is 0 Å². The Hall–Kier alpha value is -1.29. The number of allylic oxidation sites excluding steroid dienone is 2. The second-order valence-electron chi connectivity index (χ2n) is 13.1. The van der Waals surface area contributed by atoms with Crippen LogP contribution in [0.25, 0.3) is 0 Å². The Labute approximate surface area is 292 Å². The molecule has 0 rings (SSSR count). The number of rotatable bonds is 37. The van der Waals surface area contributed by atoms with Crippen molar-refractivity contribution in [3.8, 4) is 0 Å². The summed E-state index contributed by atoms with van der Waals surface area (Å²) >= 11 is 0. The van der Waals surface area contributed by atoms with E-state index >= 15 is 0 Å². The highest BCUT2D eigenvalue weighted by molar-refractivity contribution is 7.47. The number of phosphoric ester groups is 1. The molecule has 0 aromatic heterocycles. The van der Waals surface area contributed by atoms with E-state index in [1.807, 2.05) is 0 Å². The summed E-state index contributed by atoms with van der Waals surface area (Å²) in [5.41, 5.74) is 5.33. The van der Waals surface area contributed by atoms with E-state index in [-0.39, 0.29) is 13.0 Å². The van der Waals surface area contributed by atoms with Crippen molar-refractivity contribution in [1.29, 1.82) is 0 Å². The summed E-state index contributed by atoms with van der Waals surface area (Å²) in [6.45, 7) is 3.85. The maximum atomic E-state index is 12.5. The number of hydrogen-bond donors (Lipinski definition) is 3. The van der Waals surface area contributed by atoms with Gasteiger partial charge in [-0.1, -0.05) is 142 Å². The van der Waals surface area contributed by atoms with Gasteiger partial charge in [-0.3, -0.25) is 18.6 Å². The first kappa shape index (κ1) is 46.7. The van der Waals surface area contributed by atoms with Crippen LogP contribution in [0.15, 0.2) is 12.2 Å². The standard InChI is InChI=1S/C37H72NO9P/c1-3-5-7-9-11-13-14-15-16-17-18-19-20-21-23-25-27-29-36(39)47-34(32-45-48(42,43)46-33-35(38)37(40)41)31-44-30-28-26-24-22-12-10-8-6-4-2/h15-16,34-35H,3-14,17-33,38H2,1-2H3,(H,40,41)(H,42,43)/b16-15-. The van der Waals surface area contributed by atoms with E-state index in [9.17, 15) is 19.0 Å². The lowest BCUT2D eigenvalue weighted by atomic mass is 10.1. The Morgan fingerprint density at radius 2 is 1.08 bits per heavy atom. The first-order valence-electron chi connectivity index (χ1n) is 19.2. The molecule has 0 radical (unpaired) electrons. The van der Waals surface area contributed by atoms with Gasteiger partial charge < -0.3 is 25.2 Å². The number of carbonyl (C=O) groups is 2. The third-order valence-electron chi connectivity index (χ3n) is 8.29. The average Bonchev–Trinajstić information content (AvgIpc) is 3.06. The molecule has 48 heavy (non-hydrogen) atoms. The number of carbonyl (C=O) groups excluding carboxylic acids is 1. The van der Waals surface area contributed by atoms with Gasteiger partial charge in [0.2, 0.25) is 0 Å². The van der Waals surface area contributed by atoms with Gasteiger partial charge in [-0.25, -0.2) is 4.57 Å². The number of esters is 1. The van der Waals surface area contributed by atoms with Gasteiger partial charge in [0, 0.05) is 13.0 Å². The zero-order chi connectivity index (χ0) is 35.6. The van der Waals surface area contributed by atoms with E-state index in [0.717, 1.165) is 44.9 Å². The summed E-state index contributed by atoms with van der Waals surface area (Å²) in [5.74, 6) is -1.78. The van der Waals surface area contributed by atoms with E-state index < -0.39 is 45.1 Å². The number of ether oxygens (including phenoxy) is 2. The van der Waals surface area contributed by atoms with Crippen LogP contribution >= 0.6 is 7.82 Å². The van der Waals surface area contributed by atoms with Crippen LogP contribution in [0.5, 0.6) is 0 Å². The van der Waals surface area contributed by atoms with Crippen LogP contribution < -0.4 is 5.73 Å². The molecule has 0 aromatic rings. The first-order valence-corrected chi connectivity index (χ1v) is 20.7. The zero-order valence-corrected chi connectivity index (χ0v) is 31.5. The number of nitrogens with two attached hydrogens (primary N) is 1. The third-order valence-corrected chi connectivity index (χ3v) is 9.25. The Morgan fingerprint density at radius 1 is 0.646 bits per heavy atom. The normalized spacial score (nSPS) is 14.2. The maximum absolute atomic E-state index is 12.5. The molecular weight excluding hydrogens is 633 g/mol. The highest BCUT2D eigenvalue weighted by Crippen LogP contribution is 2.43. The molecule has 3 atom stereocenters. The van der Waals surface area contributed by atoms with Crippen LogP contribution in [-0.4, -0.2) is 60.5 Å². The van der Waals surface area contributed by atoms with Gasteiger partial charge in [-0.2, -0.15) is 0 Å². The van der Waals surface area contributed by atoms with Crippen molar-refractivity contribution in [1.82, 2.24) is 0 Å². The van der Waals surface area contributed by atoms with Gasteiger partial charge in [0.05, 0.1) is 19.8 Å². The number of hydrogen-bond acceptors (Lipinski definition) is 8. The fraction of sp³-hybridized carbons (Fsp3) is 0.892. The van der Waals surface area contributed by atoms with Crippen LogP contribution in [0.2, 0.25) is 0 Å². The second-order valence-corrected chi connectivity index (χ2v) is 14.5. The number of phosphoric acid groups is 1. The molecule has 0 aliphatic heterocycles. The largest absolute Gasteiger partial charge is 0.480 e. The lowest BCUT2D eigenvalue weighted by Crippen LogP contribution is -2.34. The minimum atomic E-state index is -4.60. The molecule has 0 bridgehead atoms. The van der Waals surface area contributed by atoms with Crippen molar-refractivity contribution in [3.05, 3.63) is 12.2 Å². The van der Waals surface area contributed by atoms with Crippen LogP contribution in [-0.2, 0) is 32.7 Å². The van der Waals surface area contributed by atoms with Crippen molar-refractivity contribution < 1.29 is 42.7 Å². The molecule has 0 aliphatic rings. The third kappa shape index (κ3) is 33.2. The summed E-state index contributed by atoms with van der Waals surface area (Å²) in [4.78, 5) is 33.3.